The summed E-state index contributed by atoms with van der Waals surface area (Å²) >= 11 is 0. The molecule has 11 heavy (non-hydrogen) atoms. The minimum Gasteiger partial charge on any atom is -0.481 e. The first-order valence-electron chi connectivity index (χ1n) is 4.79. The van der Waals surface area contributed by atoms with E-state index in [1.54, 1.807) is 0 Å². The van der Waals surface area contributed by atoms with Crippen molar-refractivity contribution < 1.29 is 23.6 Å². The number of carbonyl (C=O) groups is 1. The molecule has 0 aliphatic rings. The van der Waals surface area contributed by atoms with Gasteiger partial charge in [-0.05, 0) is 0 Å². The number of quaternary nitrogens is 1. The molecule has 0 aliphatic heterocycles. The van der Waals surface area contributed by atoms with Gasteiger partial charge in [-0.1, -0.05) is 0 Å². The van der Waals surface area contributed by atoms with Gasteiger partial charge in [-0.25, -0.2) is 0 Å². The van der Waals surface area contributed by atoms with Crippen molar-refractivity contribution in [1.82, 2.24) is 0 Å². The minimum absolute atomic E-state index is 0.108. The number of aliphatic hydroxyl groups excluding tert-OH is 1. The first kappa shape index (κ1) is 5.97. The van der Waals surface area contributed by atoms with Gasteiger partial charge >= 0.3 is 5.97 Å². The van der Waals surface area contributed by atoms with Crippen LogP contribution in [0.2, 0.25) is 0 Å². The second-order valence-electron chi connectivity index (χ2n) is 3.12. The molecule has 4 heteroatoms. The van der Waals surface area contributed by atoms with Gasteiger partial charge in [0.2, 0.25) is 0 Å². The predicted molar refractivity (Wildman–Crippen MR) is 41.2 cm³/mol. The third-order valence-corrected chi connectivity index (χ3v) is 1.08. The number of nitrogens with zero attached hydrogens (tertiary/aromatic N) is 1. The Morgan fingerprint density at radius 1 is 1.73 bits per heavy atom. The molecule has 0 spiro atoms. The fourth-order valence-electron chi connectivity index (χ4n) is 0.793. The highest BCUT2D eigenvalue weighted by atomic mass is 16.4. The van der Waals surface area contributed by atoms with Crippen molar-refractivity contribution in [3.8, 4) is 0 Å². The summed E-state index contributed by atoms with van der Waals surface area (Å²) in [4.78, 5) is 10.2. The Kier molecular flexibility index (Phi) is 2.00. The first-order chi connectivity index (χ1) is 6.06. The van der Waals surface area contributed by atoms with Crippen LogP contribution < -0.4 is 0 Å². The summed E-state index contributed by atoms with van der Waals surface area (Å²) in [7, 11) is 2.86. The van der Waals surface area contributed by atoms with Gasteiger partial charge in [0.25, 0.3) is 0 Å². The van der Waals surface area contributed by atoms with Crippen LogP contribution in [-0.4, -0.2) is 54.4 Å². The van der Waals surface area contributed by atoms with E-state index in [-0.39, 0.29) is 6.54 Å². The van der Waals surface area contributed by atoms with Gasteiger partial charge in [0, 0.05) is 0 Å². The van der Waals surface area contributed by atoms with Crippen molar-refractivity contribution in [2.24, 2.45) is 0 Å². The van der Waals surface area contributed by atoms with Gasteiger partial charge in [-0.3, -0.25) is 4.79 Å². The van der Waals surface area contributed by atoms with Crippen molar-refractivity contribution in [2.45, 2.75) is 12.5 Å². The summed E-state index contributed by atoms with van der Waals surface area (Å²) in [5.74, 6) is -1.14. The molecule has 0 saturated carbocycles. The highest BCUT2D eigenvalue weighted by Crippen LogP contribution is 1.98. The lowest BCUT2D eigenvalue weighted by molar-refractivity contribution is -0.873. The Morgan fingerprint density at radius 3 is 2.64 bits per heavy atom. The fourth-order valence-corrected chi connectivity index (χ4v) is 0.793. The predicted octanol–water partition coefficient (Wildman–Crippen LogP) is -0.472. The number of aliphatic hydroxyl groups is 1. The van der Waals surface area contributed by atoms with Crippen molar-refractivity contribution in [3.63, 3.8) is 0 Å². The van der Waals surface area contributed by atoms with Crippen LogP contribution in [0.4, 0.5) is 0 Å². The number of carboxylic acid groups (broad SMARTS) is 1. The average molecular weight is 165 g/mol. The maximum Gasteiger partial charge on any atom is 0.306 e. The molecular formula is C7H16NO3+. The van der Waals surface area contributed by atoms with Crippen LogP contribution >= 0.6 is 0 Å². The number of carboxylic acids is 1. The first-order valence-corrected chi connectivity index (χ1v) is 3.29. The molecule has 0 aromatic carbocycles. The number of aliphatic carboxylic acids is 1. The normalized spacial score (nSPS) is 19.7. The van der Waals surface area contributed by atoms with Gasteiger partial charge < -0.3 is 14.7 Å². The molecule has 0 amide bonds. The van der Waals surface area contributed by atoms with Crippen LogP contribution in [0.1, 0.15) is 10.5 Å². The van der Waals surface area contributed by atoms with E-state index in [9.17, 15) is 9.90 Å². The molecule has 0 heterocycles. The highest BCUT2D eigenvalue weighted by molar-refractivity contribution is 5.67. The highest BCUT2D eigenvalue weighted by Gasteiger charge is 2.17. The molecule has 0 unspecified atom stereocenters. The van der Waals surface area contributed by atoms with Gasteiger partial charge in [-0.2, -0.15) is 0 Å². The van der Waals surface area contributed by atoms with Crippen molar-refractivity contribution in [2.75, 3.05) is 27.6 Å². The van der Waals surface area contributed by atoms with Gasteiger partial charge in [-0.15, -0.1) is 0 Å². The quantitative estimate of drug-likeness (QED) is 0.554. The fraction of sp³-hybridized carbons (Fsp3) is 0.857. The van der Waals surface area contributed by atoms with E-state index in [4.69, 9.17) is 9.22 Å². The zero-order chi connectivity index (χ0) is 11.6. The standard InChI is InChI=1S/C7H15NO3/c1-8(2,3)5-6(9)4-7(10)11/h6,9H,4-5H2,1-3H3/p+1/t6-/m1/s1/i1D3. The van der Waals surface area contributed by atoms with Crippen LogP contribution in [0.3, 0.4) is 0 Å². The lowest BCUT2D eigenvalue weighted by Crippen LogP contribution is -2.42. The number of hydrogen-bond acceptors (Lipinski definition) is 2. The van der Waals surface area contributed by atoms with Crippen LogP contribution in [0, 0.1) is 0 Å². The molecule has 0 rings (SSSR count). The van der Waals surface area contributed by atoms with Gasteiger partial charge in [0.15, 0.2) is 0 Å². The van der Waals surface area contributed by atoms with Crippen LogP contribution in [0.5, 0.6) is 0 Å². The molecule has 0 bridgehead atoms. The Balaban J connectivity index is 4.29. The summed E-state index contributed by atoms with van der Waals surface area (Å²) < 4.78 is 21.1. The molecule has 0 saturated heterocycles. The smallest absolute Gasteiger partial charge is 0.306 e. The van der Waals surface area contributed by atoms with E-state index in [2.05, 4.69) is 0 Å². The van der Waals surface area contributed by atoms with E-state index in [0.717, 1.165) is 0 Å². The maximum atomic E-state index is 10.2. The van der Waals surface area contributed by atoms with Crippen molar-refractivity contribution in [1.29, 1.82) is 0 Å². The molecule has 0 radical (unpaired) electrons. The molecule has 0 aromatic heterocycles. The zero-order valence-electron chi connectivity index (χ0n) is 9.74. The molecule has 4 nitrogen and oxygen atoms in total. The molecule has 0 aliphatic carbocycles. The molecule has 66 valence electrons. The van der Waals surface area contributed by atoms with Crippen molar-refractivity contribution >= 4 is 5.97 Å². The van der Waals surface area contributed by atoms with Crippen molar-refractivity contribution in [3.05, 3.63) is 0 Å². The largest absolute Gasteiger partial charge is 0.481 e. The second kappa shape index (κ2) is 3.69. The molecule has 0 aromatic rings. The Hall–Kier alpha value is -0.610. The second-order valence-corrected chi connectivity index (χ2v) is 3.12. The summed E-state index contributed by atoms with van der Waals surface area (Å²) in [6.07, 6.45) is -1.57. The summed E-state index contributed by atoms with van der Waals surface area (Å²) in [6.45, 7) is -2.36. The van der Waals surface area contributed by atoms with Gasteiger partial charge in [0.05, 0.1) is 31.6 Å². The molecular weight excluding hydrogens is 146 g/mol. The Labute approximate surface area is 70.9 Å². The summed E-state index contributed by atoms with van der Waals surface area (Å²) in [6, 6.07) is 0. The van der Waals surface area contributed by atoms with Gasteiger partial charge in [0.1, 0.15) is 12.6 Å². The zero-order valence-corrected chi connectivity index (χ0v) is 6.74. The lowest BCUT2D eigenvalue weighted by atomic mass is 10.2. The number of likely N-dealkylation sites (N-methyl/N-ethyl adjacent to an activating group) is 1. The molecule has 1 atom stereocenters. The van der Waals surface area contributed by atoms with E-state index >= 15 is 0 Å². The number of hydrogen-bond donors (Lipinski definition) is 2. The Bertz CT molecular complexity index is 215. The topological polar surface area (TPSA) is 57.5 Å². The van der Waals surface area contributed by atoms with E-state index < -0.39 is 30.0 Å². The number of rotatable bonds is 4. The average Bonchev–Trinajstić information content (AvgIpc) is 1.79. The van der Waals surface area contributed by atoms with Crippen LogP contribution in [0.15, 0.2) is 0 Å². The third kappa shape index (κ3) is 7.29. The molecule has 2 N–H and O–H groups in total. The lowest BCUT2D eigenvalue weighted by Gasteiger charge is -2.25. The minimum atomic E-state index is -2.25. The summed E-state index contributed by atoms with van der Waals surface area (Å²) in [5, 5.41) is 17.6. The van der Waals surface area contributed by atoms with Crippen LogP contribution in [0.25, 0.3) is 0 Å². The Morgan fingerprint density at radius 2 is 2.27 bits per heavy atom. The molecule has 0 fully saturated rings. The van der Waals surface area contributed by atoms with E-state index in [1.165, 1.54) is 14.1 Å². The van der Waals surface area contributed by atoms with E-state index in [1.807, 2.05) is 0 Å². The SMILES string of the molecule is [2H]C([2H])([2H])[N+](C)(C)C[C@H](O)CC(=O)O. The van der Waals surface area contributed by atoms with E-state index in [0.29, 0.717) is 0 Å². The third-order valence-electron chi connectivity index (χ3n) is 1.08. The maximum absolute atomic E-state index is 10.2. The monoisotopic (exact) mass is 165 g/mol. The van der Waals surface area contributed by atoms with Crippen LogP contribution in [-0.2, 0) is 4.79 Å². The summed E-state index contributed by atoms with van der Waals surface area (Å²) in [5.41, 5.74) is 0.